The monoisotopic (exact) mass is 363 g/mol. The molecule has 1 atom stereocenters. The number of rotatable bonds is 5. The summed E-state index contributed by atoms with van der Waals surface area (Å²) >= 11 is 5.08. The molecule has 0 heterocycles. The van der Waals surface area contributed by atoms with E-state index in [9.17, 15) is 9.18 Å². The predicted octanol–water partition coefficient (Wildman–Crippen LogP) is 2.62. The molecule has 0 spiro atoms. The van der Waals surface area contributed by atoms with E-state index in [0.29, 0.717) is 0 Å². The van der Waals surface area contributed by atoms with Gasteiger partial charge in [0.15, 0.2) is 22.8 Å². The lowest BCUT2D eigenvalue weighted by molar-refractivity contribution is -0.127. The van der Waals surface area contributed by atoms with E-state index in [-0.39, 0.29) is 10.9 Å². The number of amides is 1. The fraction of sp³-hybridized carbons (Fsp3) is 0.176. The Morgan fingerprint density at radius 2 is 1.80 bits per heavy atom. The summed E-state index contributed by atoms with van der Waals surface area (Å²) in [6.45, 7) is 1.50. The van der Waals surface area contributed by atoms with Crippen molar-refractivity contribution in [2.75, 3.05) is 12.4 Å². The van der Waals surface area contributed by atoms with Gasteiger partial charge in [-0.25, -0.2) is 4.39 Å². The first kappa shape index (κ1) is 18.5. The standard InChI is InChI=1S/C17H18FN3O3S/c1-11(24-15-6-4-3-5-14(15)18)16(22)20-21-17(25)19-12-7-9-13(23-2)10-8-12/h3-11H,1-2H3,(H,20,22)(H2,19,21,25)/t11-/m0/s1. The van der Waals surface area contributed by atoms with Crippen molar-refractivity contribution in [2.45, 2.75) is 13.0 Å². The summed E-state index contributed by atoms with van der Waals surface area (Å²) in [7, 11) is 1.58. The Hall–Kier alpha value is -2.87. The number of hydrazine groups is 1. The highest BCUT2D eigenvalue weighted by Gasteiger charge is 2.16. The van der Waals surface area contributed by atoms with E-state index in [1.54, 1.807) is 37.4 Å². The molecule has 0 aliphatic heterocycles. The molecule has 8 heteroatoms. The normalized spacial score (nSPS) is 11.2. The molecule has 132 valence electrons. The van der Waals surface area contributed by atoms with Gasteiger partial charge in [0.25, 0.3) is 5.91 Å². The van der Waals surface area contributed by atoms with Crippen molar-refractivity contribution in [1.82, 2.24) is 10.9 Å². The van der Waals surface area contributed by atoms with Gasteiger partial charge in [-0.2, -0.15) is 0 Å². The minimum absolute atomic E-state index is 0.00378. The van der Waals surface area contributed by atoms with Crippen molar-refractivity contribution in [1.29, 1.82) is 0 Å². The number of thiocarbonyl (C=S) groups is 1. The Morgan fingerprint density at radius 1 is 1.12 bits per heavy atom. The average molecular weight is 363 g/mol. The second-order valence-electron chi connectivity index (χ2n) is 4.99. The molecule has 0 aromatic heterocycles. The van der Waals surface area contributed by atoms with Gasteiger partial charge in [0, 0.05) is 5.69 Å². The van der Waals surface area contributed by atoms with Crippen LogP contribution in [-0.4, -0.2) is 24.2 Å². The highest BCUT2D eigenvalue weighted by atomic mass is 32.1. The number of hydrogen-bond acceptors (Lipinski definition) is 4. The maximum absolute atomic E-state index is 13.5. The first-order chi connectivity index (χ1) is 12.0. The maximum Gasteiger partial charge on any atom is 0.279 e. The number of nitrogens with one attached hydrogen (secondary N) is 3. The van der Waals surface area contributed by atoms with Gasteiger partial charge in [-0.15, -0.1) is 0 Å². The SMILES string of the molecule is COc1ccc(NC(=S)NNC(=O)[C@H](C)Oc2ccccc2F)cc1. The van der Waals surface area contributed by atoms with Crippen molar-refractivity contribution in [2.24, 2.45) is 0 Å². The first-order valence-corrected chi connectivity index (χ1v) is 7.82. The van der Waals surface area contributed by atoms with Crippen LogP contribution in [0.1, 0.15) is 6.92 Å². The lowest BCUT2D eigenvalue weighted by Crippen LogP contribution is -2.48. The quantitative estimate of drug-likeness (QED) is 0.560. The van der Waals surface area contributed by atoms with E-state index in [0.717, 1.165) is 11.4 Å². The summed E-state index contributed by atoms with van der Waals surface area (Å²) in [6.07, 6.45) is -0.909. The molecular weight excluding hydrogens is 345 g/mol. The summed E-state index contributed by atoms with van der Waals surface area (Å²) in [5.41, 5.74) is 5.68. The fourth-order valence-corrected chi connectivity index (χ4v) is 2.01. The highest BCUT2D eigenvalue weighted by molar-refractivity contribution is 7.80. The fourth-order valence-electron chi connectivity index (χ4n) is 1.84. The minimum Gasteiger partial charge on any atom is -0.497 e. The van der Waals surface area contributed by atoms with E-state index in [1.807, 2.05) is 0 Å². The van der Waals surface area contributed by atoms with Crippen molar-refractivity contribution < 1.29 is 18.7 Å². The Kier molecular flexibility index (Phi) is 6.53. The molecule has 2 aromatic carbocycles. The van der Waals surface area contributed by atoms with Gasteiger partial charge < -0.3 is 14.8 Å². The number of carbonyl (C=O) groups excluding carboxylic acids is 1. The predicted molar refractivity (Wildman–Crippen MR) is 97.0 cm³/mol. The molecule has 6 nitrogen and oxygen atoms in total. The number of halogens is 1. The number of carbonyl (C=O) groups is 1. The molecule has 0 saturated carbocycles. The number of benzene rings is 2. The van der Waals surface area contributed by atoms with Gasteiger partial charge in [0.1, 0.15) is 5.75 Å². The van der Waals surface area contributed by atoms with Gasteiger partial charge in [-0.3, -0.25) is 15.6 Å². The molecule has 1 amide bonds. The molecule has 0 radical (unpaired) electrons. The zero-order valence-corrected chi connectivity index (χ0v) is 14.5. The van der Waals surface area contributed by atoms with Gasteiger partial charge in [0.05, 0.1) is 7.11 Å². The van der Waals surface area contributed by atoms with Crippen LogP contribution in [0.25, 0.3) is 0 Å². The summed E-state index contributed by atoms with van der Waals surface area (Å²) in [5, 5.41) is 3.09. The molecule has 0 fully saturated rings. The van der Waals surface area contributed by atoms with Gasteiger partial charge >= 0.3 is 0 Å². The second kappa shape index (κ2) is 8.84. The molecule has 25 heavy (non-hydrogen) atoms. The van der Waals surface area contributed by atoms with Crippen LogP contribution in [0.3, 0.4) is 0 Å². The highest BCUT2D eigenvalue weighted by Crippen LogP contribution is 2.17. The number of methoxy groups -OCH3 is 1. The minimum atomic E-state index is -0.909. The number of anilines is 1. The van der Waals surface area contributed by atoms with Crippen LogP contribution in [0, 0.1) is 5.82 Å². The van der Waals surface area contributed by atoms with Gasteiger partial charge in [-0.1, -0.05) is 12.1 Å². The van der Waals surface area contributed by atoms with E-state index in [1.165, 1.54) is 25.1 Å². The average Bonchev–Trinajstić information content (AvgIpc) is 2.62. The molecule has 0 aliphatic rings. The topological polar surface area (TPSA) is 71.6 Å². The summed E-state index contributed by atoms with van der Waals surface area (Å²) in [6, 6.07) is 13.0. The van der Waals surface area contributed by atoms with E-state index in [4.69, 9.17) is 21.7 Å². The summed E-state index contributed by atoms with van der Waals surface area (Å²) < 4.78 is 23.9. The van der Waals surface area contributed by atoms with E-state index < -0.39 is 17.8 Å². The molecule has 2 rings (SSSR count). The van der Waals surface area contributed by atoms with Gasteiger partial charge in [0.2, 0.25) is 0 Å². The third-order valence-corrected chi connectivity index (χ3v) is 3.36. The zero-order valence-electron chi connectivity index (χ0n) is 13.7. The lowest BCUT2D eigenvalue weighted by atomic mass is 10.3. The molecule has 2 aromatic rings. The number of para-hydroxylation sites is 1. The Morgan fingerprint density at radius 3 is 2.44 bits per heavy atom. The van der Waals surface area contributed by atoms with Crippen LogP contribution in [0.4, 0.5) is 10.1 Å². The molecule has 0 unspecified atom stereocenters. The smallest absolute Gasteiger partial charge is 0.279 e. The third-order valence-electron chi connectivity index (χ3n) is 3.16. The van der Waals surface area contributed by atoms with Crippen molar-refractivity contribution in [3.8, 4) is 11.5 Å². The van der Waals surface area contributed by atoms with Crippen LogP contribution >= 0.6 is 12.2 Å². The number of hydrogen-bond donors (Lipinski definition) is 3. The molecule has 3 N–H and O–H groups in total. The van der Waals surface area contributed by atoms with E-state index >= 15 is 0 Å². The van der Waals surface area contributed by atoms with Crippen molar-refractivity contribution >= 4 is 28.9 Å². The van der Waals surface area contributed by atoms with Crippen LogP contribution in [0.2, 0.25) is 0 Å². The van der Waals surface area contributed by atoms with Crippen LogP contribution in [0.15, 0.2) is 48.5 Å². The molecular formula is C17H18FN3O3S. The van der Waals surface area contributed by atoms with Crippen molar-refractivity contribution in [3.63, 3.8) is 0 Å². The van der Waals surface area contributed by atoms with Crippen LogP contribution in [-0.2, 0) is 4.79 Å². The summed E-state index contributed by atoms with van der Waals surface area (Å²) in [4.78, 5) is 12.0. The Balaban J connectivity index is 1.80. The maximum atomic E-state index is 13.5. The second-order valence-corrected chi connectivity index (χ2v) is 5.40. The Labute approximate surface area is 150 Å². The van der Waals surface area contributed by atoms with Crippen molar-refractivity contribution in [3.05, 3.63) is 54.3 Å². The zero-order chi connectivity index (χ0) is 18.2. The van der Waals surface area contributed by atoms with Crippen LogP contribution in [0.5, 0.6) is 11.5 Å². The molecule has 0 aliphatic carbocycles. The van der Waals surface area contributed by atoms with Gasteiger partial charge in [-0.05, 0) is 55.5 Å². The molecule has 0 saturated heterocycles. The largest absolute Gasteiger partial charge is 0.497 e. The Bertz CT molecular complexity index is 740. The first-order valence-electron chi connectivity index (χ1n) is 7.41. The molecule has 0 bridgehead atoms. The summed E-state index contributed by atoms with van der Waals surface area (Å²) in [5.74, 6) is -0.310. The van der Waals surface area contributed by atoms with E-state index in [2.05, 4.69) is 16.2 Å². The third kappa shape index (κ3) is 5.61. The number of ether oxygens (including phenoxy) is 2. The van der Waals surface area contributed by atoms with Crippen LogP contribution < -0.4 is 25.6 Å². The lowest BCUT2D eigenvalue weighted by Gasteiger charge is -2.16.